The monoisotopic (exact) mass is 118 g/mol. The van der Waals surface area contributed by atoms with Gasteiger partial charge in [-0.05, 0) is 12.2 Å². The first kappa shape index (κ1) is 5.64. The van der Waals surface area contributed by atoms with Gasteiger partial charge in [0.25, 0.3) is 0 Å². The number of hydrogen-bond acceptors (Lipinski definition) is 2. The van der Waals surface area contributed by atoms with Crippen LogP contribution < -0.4 is 5.32 Å². The average Bonchev–Trinajstić information content (AvgIpc) is 2.13. The highest BCUT2D eigenvalue weighted by Crippen LogP contribution is 1.95. The topological polar surface area (TPSA) is 35.8 Å². The summed E-state index contributed by atoms with van der Waals surface area (Å²) in [6.45, 7) is 0. The Morgan fingerprint density at radius 1 is 1.44 bits per heavy atom. The number of nitriles is 1. The molecule has 0 radical (unpaired) electrons. The predicted molar refractivity (Wildman–Crippen MR) is 35.1 cm³/mol. The van der Waals surface area contributed by atoms with Gasteiger partial charge in [-0.1, -0.05) is 6.08 Å². The Bertz CT molecular complexity index is 216. The van der Waals surface area contributed by atoms with E-state index in [0.29, 0.717) is 5.57 Å². The first-order valence-corrected chi connectivity index (χ1v) is 2.63. The largest absolute Gasteiger partial charge is 0.366 e. The summed E-state index contributed by atoms with van der Waals surface area (Å²) in [6, 6.07) is 2.02. The molecule has 0 aromatic rings. The molecule has 0 unspecified atom stereocenters. The zero-order valence-electron chi connectivity index (χ0n) is 4.83. The van der Waals surface area contributed by atoms with E-state index in [1.54, 1.807) is 18.5 Å². The van der Waals surface area contributed by atoms with Gasteiger partial charge < -0.3 is 5.32 Å². The lowest BCUT2D eigenvalue weighted by Gasteiger charge is -1.84. The predicted octanol–water partition coefficient (Wildman–Crippen LogP) is 1.07. The van der Waals surface area contributed by atoms with Crippen LogP contribution in [0, 0.1) is 11.3 Å². The van der Waals surface area contributed by atoms with Gasteiger partial charge in [0.1, 0.15) is 6.07 Å². The maximum Gasteiger partial charge on any atom is 0.101 e. The molecular weight excluding hydrogens is 112 g/mol. The van der Waals surface area contributed by atoms with E-state index in [1.807, 2.05) is 18.2 Å². The van der Waals surface area contributed by atoms with Crippen molar-refractivity contribution in [3.63, 3.8) is 0 Å². The number of hydrogen-bond donors (Lipinski definition) is 1. The molecule has 2 nitrogen and oxygen atoms in total. The van der Waals surface area contributed by atoms with Crippen molar-refractivity contribution in [2.45, 2.75) is 0 Å². The minimum atomic E-state index is 0.639. The Labute approximate surface area is 53.8 Å². The van der Waals surface area contributed by atoms with E-state index in [9.17, 15) is 0 Å². The Morgan fingerprint density at radius 3 is 3.11 bits per heavy atom. The number of nitrogens with zero attached hydrogens (tertiary/aromatic N) is 1. The smallest absolute Gasteiger partial charge is 0.101 e. The third-order valence-corrected chi connectivity index (χ3v) is 0.947. The molecule has 0 aliphatic carbocycles. The maximum atomic E-state index is 8.38. The zero-order chi connectivity index (χ0) is 6.53. The average molecular weight is 118 g/mol. The van der Waals surface area contributed by atoms with Crippen LogP contribution >= 0.6 is 0 Å². The Kier molecular flexibility index (Phi) is 1.71. The molecule has 1 heterocycles. The summed E-state index contributed by atoms with van der Waals surface area (Å²) in [7, 11) is 0. The van der Waals surface area contributed by atoms with Crippen LogP contribution in [-0.2, 0) is 0 Å². The van der Waals surface area contributed by atoms with Crippen LogP contribution in [0.15, 0.2) is 36.2 Å². The molecule has 0 aromatic carbocycles. The summed E-state index contributed by atoms with van der Waals surface area (Å²) in [4.78, 5) is 0. The molecule has 1 N–H and O–H groups in total. The van der Waals surface area contributed by atoms with Gasteiger partial charge in [0, 0.05) is 12.4 Å². The molecule has 0 atom stereocenters. The Balaban J connectivity index is 2.78. The van der Waals surface area contributed by atoms with E-state index in [1.165, 1.54) is 0 Å². The van der Waals surface area contributed by atoms with Crippen molar-refractivity contribution in [1.29, 1.82) is 5.26 Å². The van der Waals surface area contributed by atoms with Crippen molar-refractivity contribution < 1.29 is 0 Å². The van der Waals surface area contributed by atoms with Gasteiger partial charge in [-0.15, -0.1) is 0 Å². The highest BCUT2D eigenvalue weighted by molar-refractivity contribution is 5.35. The van der Waals surface area contributed by atoms with Crippen LogP contribution in [0.3, 0.4) is 0 Å². The molecule has 0 amide bonds. The summed E-state index contributed by atoms with van der Waals surface area (Å²) in [6.07, 6.45) is 8.81. The molecule has 0 saturated heterocycles. The molecule has 0 saturated carbocycles. The fourth-order valence-electron chi connectivity index (χ4n) is 0.526. The third kappa shape index (κ3) is 1.46. The summed E-state index contributed by atoms with van der Waals surface area (Å²) >= 11 is 0. The Morgan fingerprint density at radius 2 is 2.33 bits per heavy atom. The van der Waals surface area contributed by atoms with Crippen LogP contribution in [0.1, 0.15) is 0 Å². The van der Waals surface area contributed by atoms with E-state index in [-0.39, 0.29) is 0 Å². The lowest BCUT2D eigenvalue weighted by molar-refractivity contribution is 1.19. The van der Waals surface area contributed by atoms with Crippen molar-refractivity contribution in [3.8, 4) is 6.07 Å². The number of allylic oxidation sites excluding steroid dienone is 4. The molecule has 1 rings (SSSR count). The van der Waals surface area contributed by atoms with Gasteiger partial charge in [-0.2, -0.15) is 5.26 Å². The standard InChI is InChI=1S/C7H6N2/c8-5-7-3-1-2-4-9-6-7/h1-4,6,9H. The molecule has 0 fully saturated rings. The van der Waals surface area contributed by atoms with Crippen LogP contribution in [0.2, 0.25) is 0 Å². The first-order valence-electron chi connectivity index (χ1n) is 2.63. The minimum absolute atomic E-state index is 0.639. The summed E-state index contributed by atoms with van der Waals surface area (Å²) < 4.78 is 0. The van der Waals surface area contributed by atoms with Gasteiger partial charge in [-0.25, -0.2) is 0 Å². The fraction of sp³-hybridized carbons (Fsp3) is 0. The van der Waals surface area contributed by atoms with Crippen LogP contribution in [0.25, 0.3) is 0 Å². The molecule has 0 bridgehead atoms. The van der Waals surface area contributed by atoms with Crippen LogP contribution in [0.5, 0.6) is 0 Å². The molecule has 2 heteroatoms. The molecule has 1 aliphatic heterocycles. The van der Waals surface area contributed by atoms with Crippen LogP contribution in [0.4, 0.5) is 0 Å². The number of nitrogens with one attached hydrogen (secondary N) is 1. The second-order valence-electron chi connectivity index (χ2n) is 1.60. The molecule has 9 heavy (non-hydrogen) atoms. The van der Waals surface area contributed by atoms with Crippen molar-refractivity contribution in [2.24, 2.45) is 0 Å². The molecule has 44 valence electrons. The first-order chi connectivity index (χ1) is 4.43. The van der Waals surface area contributed by atoms with Crippen molar-refractivity contribution in [3.05, 3.63) is 36.2 Å². The molecular formula is C7H6N2. The van der Waals surface area contributed by atoms with E-state index in [4.69, 9.17) is 5.26 Å². The third-order valence-electron chi connectivity index (χ3n) is 0.947. The van der Waals surface area contributed by atoms with Gasteiger partial charge in [0.05, 0.1) is 5.57 Å². The SMILES string of the molecule is N#CC1=CNC=CC=C1. The second-order valence-corrected chi connectivity index (χ2v) is 1.60. The van der Waals surface area contributed by atoms with Gasteiger partial charge >= 0.3 is 0 Å². The van der Waals surface area contributed by atoms with E-state index >= 15 is 0 Å². The van der Waals surface area contributed by atoms with E-state index in [0.717, 1.165) is 0 Å². The van der Waals surface area contributed by atoms with Crippen LogP contribution in [-0.4, -0.2) is 0 Å². The zero-order valence-corrected chi connectivity index (χ0v) is 4.83. The van der Waals surface area contributed by atoms with Gasteiger partial charge in [0.2, 0.25) is 0 Å². The Hall–Kier alpha value is -1.49. The lowest BCUT2D eigenvalue weighted by Crippen LogP contribution is -1.90. The molecule has 0 aromatic heterocycles. The van der Waals surface area contributed by atoms with Gasteiger partial charge in [-0.3, -0.25) is 0 Å². The quantitative estimate of drug-likeness (QED) is 0.516. The van der Waals surface area contributed by atoms with E-state index in [2.05, 4.69) is 5.32 Å². The van der Waals surface area contributed by atoms with Crippen molar-refractivity contribution in [2.75, 3.05) is 0 Å². The second kappa shape index (κ2) is 2.73. The molecule has 1 aliphatic rings. The highest BCUT2D eigenvalue weighted by atomic mass is 14.8. The summed E-state index contributed by atoms with van der Waals surface area (Å²) in [5.41, 5.74) is 0.639. The van der Waals surface area contributed by atoms with Crippen molar-refractivity contribution in [1.82, 2.24) is 5.32 Å². The van der Waals surface area contributed by atoms with Crippen molar-refractivity contribution >= 4 is 0 Å². The lowest BCUT2D eigenvalue weighted by atomic mass is 10.3. The minimum Gasteiger partial charge on any atom is -0.366 e. The van der Waals surface area contributed by atoms with E-state index < -0.39 is 0 Å². The highest BCUT2D eigenvalue weighted by Gasteiger charge is 1.86. The maximum absolute atomic E-state index is 8.38. The number of rotatable bonds is 0. The fourth-order valence-corrected chi connectivity index (χ4v) is 0.526. The normalized spacial score (nSPS) is 15.2. The molecule has 0 spiro atoms. The summed E-state index contributed by atoms with van der Waals surface area (Å²) in [5, 5.41) is 11.2. The summed E-state index contributed by atoms with van der Waals surface area (Å²) in [5.74, 6) is 0. The van der Waals surface area contributed by atoms with Gasteiger partial charge in [0.15, 0.2) is 0 Å².